The van der Waals surface area contributed by atoms with E-state index >= 15 is 0 Å². The molecule has 2 aromatic heterocycles. The first-order valence-corrected chi connectivity index (χ1v) is 8.53. The molecule has 0 saturated heterocycles. The monoisotopic (exact) mass is 345 g/mol. The predicted octanol–water partition coefficient (Wildman–Crippen LogP) is 2.25. The first kappa shape index (κ1) is 16.3. The van der Waals surface area contributed by atoms with Crippen molar-refractivity contribution in [3.8, 4) is 5.75 Å². The maximum Gasteiger partial charge on any atom is 0.275 e. The third-order valence-electron chi connectivity index (χ3n) is 3.48. The molecule has 8 heteroatoms. The van der Waals surface area contributed by atoms with Crippen LogP contribution in [0.1, 0.15) is 12.6 Å². The van der Waals surface area contributed by atoms with Crippen LogP contribution < -0.4 is 20.9 Å². The highest BCUT2D eigenvalue weighted by Gasteiger charge is 2.07. The van der Waals surface area contributed by atoms with Crippen molar-refractivity contribution in [2.24, 2.45) is 0 Å². The minimum absolute atomic E-state index is 0.141. The summed E-state index contributed by atoms with van der Waals surface area (Å²) in [5.74, 6) is 0.831. The molecule has 24 heavy (non-hydrogen) atoms. The largest absolute Gasteiger partial charge is 0.497 e. The summed E-state index contributed by atoms with van der Waals surface area (Å²) in [5.41, 5.74) is 1.67. The van der Waals surface area contributed by atoms with Crippen molar-refractivity contribution < 1.29 is 4.74 Å². The number of nitrogens with zero attached hydrogens (tertiary/aromatic N) is 3. The SMILES string of the molecule is CCc1cc(=O)n2nc(NCCNc3ccc(OC)cc3)sc2n1. The lowest BCUT2D eigenvalue weighted by Gasteiger charge is -2.07. The van der Waals surface area contributed by atoms with Crippen LogP contribution in [0, 0.1) is 0 Å². The van der Waals surface area contributed by atoms with Crippen LogP contribution in [0.5, 0.6) is 5.75 Å². The van der Waals surface area contributed by atoms with E-state index in [0.29, 0.717) is 16.6 Å². The summed E-state index contributed by atoms with van der Waals surface area (Å²) in [4.78, 5) is 17.0. The fraction of sp³-hybridized carbons (Fsp3) is 0.312. The summed E-state index contributed by atoms with van der Waals surface area (Å²) in [7, 11) is 1.65. The van der Waals surface area contributed by atoms with Gasteiger partial charge >= 0.3 is 0 Å². The van der Waals surface area contributed by atoms with Crippen LogP contribution in [0.25, 0.3) is 4.96 Å². The highest BCUT2D eigenvalue weighted by atomic mass is 32.1. The lowest BCUT2D eigenvalue weighted by atomic mass is 10.3. The van der Waals surface area contributed by atoms with E-state index in [2.05, 4.69) is 20.7 Å². The molecular weight excluding hydrogens is 326 g/mol. The first-order chi connectivity index (χ1) is 11.7. The number of hydrogen-bond donors (Lipinski definition) is 2. The lowest BCUT2D eigenvalue weighted by molar-refractivity contribution is 0.415. The maximum atomic E-state index is 12.0. The molecule has 0 amide bonds. The molecule has 2 heterocycles. The highest BCUT2D eigenvalue weighted by Crippen LogP contribution is 2.17. The Labute approximate surface area is 143 Å². The number of rotatable bonds is 7. The van der Waals surface area contributed by atoms with Gasteiger partial charge in [-0.25, -0.2) is 4.98 Å². The molecule has 0 aliphatic rings. The number of aryl methyl sites for hydroxylation is 1. The molecule has 3 rings (SSSR count). The molecule has 0 atom stereocenters. The Hall–Kier alpha value is -2.61. The quantitative estimate of drug-likeness (QED) is 0.639. The fourth-order valence-corrected chi connectivity index (χ4v) is 3.04. The van der Waals surface area contributed by atoms with Crippen molar-refractivity contribution in [1.82, 2.24) is 14.6 Å². The van der Waals surface area contributed by atoms with Gasteiger partial charge in [0.25, 0.3) is 5.56 Å². The number of nitrogens with one attached hydrogen (secondary N) is 2. The summed E-state index contributed by atoms with van der Waals surface area (Å²) < 4.78 is 6.46. The zero-order valence-corrected chi connectivity index (χ0v) is 14.4. The molecule has 0 aliphatic heterocycles. The summed E-state index contributed by atoms with van der Waals surface area (Å²) >= 11 is 1.38. The van der Waals surface area contributed by atoms with Gasteiger partial charge in [0.1, 0.15) is 5.75 Å². The van der Waals surface area contributed by atoms with Gasteiger partial charge in [-0.05, 0) is 30.7 Å². The van der Waals surface area contributed by atoms with Crippen molar-refractivity contribution in [2.75, 3.05) is 30.8 Å². The van der Waals surface area contributed by atoms with E-state index in [4.69, 9.17) is 4.74 Å². The zero-order chi connectivity index (χ0) is 16.9. The van der Waals surface area contributed by atoms with Crippen LogP contribution >= 0.6 is 11.3 Å². The molecule has 0 spiro atoms. The first-order valence-electron chi connectivity index (χ1n) is 7.71. The van der Waals surface area contributed by atoms with Gasteiger partial charge in [0.2, 0.25) is 10.1 Å². The Kier molecular flexibility index (Phi) is 4.95. The summed E-state index contributed by atoms with van der Waals surface area (Å²) in [6.45, 7) is 3.38. The van der Waals surface area contributed by atoms with Gasteiger partial charge in [-0.3, -0.25) is 4.79 Å². The highest BCUT2D eigenvalue weighted by molar-refractivity contribution is 7.20. The molecule has 126 valence electrons. The summed E-state index contributed by atoms with van der Waals surface area (Å²) in [6, 6.07) is 9.28. The molecule has 7 nitrogen and oxygen atoms in total. The Balaban J connectivity index is 1.57. The maximum absolute atomic E-state index is 12.0. The molecule has 0 fully saturated rings. The number of anilines is 2. The molecule has 0 saturated carbocycles. The molecule has 1 aromatic carbocycles. The number of ether oxygens (including phenoxy) is 1. The zero-order valence-electron chi connectivity index (χ0n) is 13.6. The minimum atomic E-state index is -0.141. The lowest BCUT2D eigenvalue weighted by Crippen LogP contribution is -2.16. The van der Waals surface area contributed by atoms with Crippen molar-refractivity contribution in [2.45, 2.75) is 13.3 Å². The Morgan fingerprint density at radius 3 is 2.67 bits per heavy atom. The smallest absolute Gasteiger partial charge is 0.275 e. The normalized spacial score (nSPS) is 10.8. The second kappa shape index (κ2) is 7.31. The van der Waals surface area contributed by atoms with Gasteiger partial charge in [-0.15, -0.1) is 5.10 Å². The van der Waals surface area contributed by atoms with Gasteiger partial charge in [-0.1, -0.05) is 18.3 Å². The summed E-state index contributed by atoms with van der Waals surface area (Å²) in [6.07, 6.45) is 0.734. The molecule has 3 aromatic rings. The number of methoxy groups -OCH3 is 1. The van der Waals surface area contributed by atoms with Crippen molar-refractivity contribution in [1.29, 1.82) is 0 Å². The van der Waals surface area contributed by atoms with Gasteiger partial charge in [0, 0.05) is 30.5 Å². The van der Waals surface area contributed by atoms with Crippen LogP contribution in [0.15, 0.2) is 35.1 Å². The molecule has 0 bridgehead atoms. The van der Waals surface area contributed by atoms with Crippen molar-refractivity contribution in [3.05, 3.63) is 46.4 Å². The van der Waals surface area contributed by atoms with E-state index in [0.717, 1.165) is 30.1 Å². The van der Waals surface area contributed by atoms with E-state index in [1.165, 1.54) is 21.9 Å². The average molecular weight is 345 g/mol. The van der Waals surface area contributed by atoms with E-state index in [9.17, 15) is 4.79 Å². The van der Waals surface area contributed by atoms with Crippen LogP contribution in [0.3, 0.4) is 0 Å². The van der Waals surface area contributed by atoms with E-state index in [-0.39, 0.29) is 5.56 Å². The van der Waals surface area contributed by atoms with Crippen LogP contribution in [0.4, 0.5) is 10.8 Å². The molecule has 0 radical (unpaired) electrons. The number of benzene rings is 1. The van der Waals surface area contributed by atoms with Gasteiger partial charge in [0.15, 0.2) is 0 Å². The second-order valence-corrected chi connectivity index (χ2v) is 6.08. The van der Waals surface area contributed by atoms with Crippen molar-refractivity contribution >= 4 is 27.1 Å². The van der Waals surface area contributed by atoms with Crippen LogP contribution in [0.2, 0.25) is 0 Å². The van der Waals surface area contributed by atoms with Gasteiger partial charge in [0.05, 0.1) is 7.11 Å². The molecular formula is C16H19N5O2S. The Morgan fingerprint density at radius 1 is 1.21 bits per heavy atom. The third-order valence-corrected chi connectivity index (χ3v) is 4.35. The van der Waals surface area contributed by atoms with Gasteiger partial charge < -0.3 is 15.4 Å². The van der Waals surface area contributed by atoms with E-state index < -0.39 is 0 Å². The average Bonchev–Trinajstić information content (AvgIpc) is 3.02. The number of aromatic nitrogens is 3. The molecule has 0 unspecified atom stereocenters. The predicted molar refractivity (Wildman–Crippen MR) is 96.5 cm³/mol. The van der Waals surface area contributed by atoms with Crippen LogP contribution in [-0.4, -0.2) is 34.8 Å². The van der Waals surface area contributed by atoms with E-state index in [1.807, 2.05) is 31.2 Å². The molecule has 0 aliphatic carbocycles. The third kappa shape index (κ3) is 3.65. The van der Waals surface area contributed by atoms with Crippen molar-refractivity contribution in [3.63, 3.8) is 0 Å². The topological polar surface area (TPSA) is 80.6 Å². The Bertz CT molecular complexity index is 872. The van der Waals surface area contributed by atoms with E-state index in [1.54, 1.807) is 7.11 Å². The number of hydrogen-bond acceptors (Lipinski definition) is 7. The minimum Gasteiger partial charge on any atom is -0.497 e. The fourth-order valence-electron chi connectivity index (χ4n) is 2.19. The molecule has 2 N–H and O–H groups in total. The van der Waals surface area contributed by atoms with Gasteiger partial charge in [-0.2, -0.15) is 4.52 Å². The second-order valence-electron chi connectivity index (χ2n) is 5.12. The standard InChI is InChI=1S/C16H19N5O2S/c1-3-11-10-14(22)21-16(19-11)24-15(20-21)18-9-8-17-12-4-6-13(23-2)7-5-12/h4-7,10,17H,3,8-9H2,1-2H3,(H,18,20). The summed E-state index contributed by atoms with van der Waals surface area (Å²) in [5, 5.41) is 11.5. The number of fused-ring (bicyclic) bond motifs is 1. The Morgan fingerprint density at radius 2 is 1.96 bits per heavy atom. The van der Waals surface area contributed by atoms with Crippen LogP contribution in [-0.2, 0) is 6.42 Å².